The van der Waals surface area contributed by atoms with Crippen LogP contribution in [0.5, 0.6) is 0 Å². The summed E-state index contributed by atoms with van der Waals surface area (Å²) in [5.74, 6) is 0. The maximum atomic E-state index is 12.0. The summed E-state index contributed by atoms with van der Waals surface area (Å²) in [4.78, 5) is 0.702. The van der Waals surface area contributed by atoms with Gasteiger partial charge in [0.15, 0.2) is 0 Å². The molecular weight excluding hydrogens is 281 g/mol. The van der Waals surface area contributed by atoms with E-state index in [1.54, 1.807) is 6.92 Å². The molecule has 14 heavy (non-hydrogen) atoms. The summed E-state index contributed by atoms with van der Waals surface area (Å²) < 4.78 is 36.6. The third kappa shape index (κ3) is 3.25. The maximum absolute atomic E-state index is 12.0. The van der Waals surface area contributed by atoms with Gasteiger partial charge in [-0.1, -0.05) is 0 Å². The van der Waals surface area contributed by atoms with Crippen LogP contribution in [0.25, 0.3) is 0 Å². The molecule has 1 atom stereocenters. The van der Waals surface area contributed by atoms with Gasteiger partial charge in [0.2, 0.25) is 0 Å². The lowest BCUT2D eigenvalue weighted by molar-refractivity contribution is -0.154. The summed E-state index contributed by atoms with van der Waals surface area (Å²) in [6, 6.07) is 1.52. The molecule has 1 N–H and O–H groups in total. The van der Waals surface area contributed by atoms with E-state index in [9.17, 15) is 18.3 Å². The van der Waals surface area contributed by atoms with Crippen LogP contribution in [0, 0.1) is 6.92 Å². The van der Waals surface area contributed by atoms with Gasteiger partial charge < -0.3 is 5.11 Å². The molecule has 1 rings (SSSR count). The van der Waals surface area contributed by atoms with Crippen LogP contribution in [0.1, 0.15) is 23.0 Å². The number of halogens is 4. The molecule has 0 spiro atoms. The van der Waals surface area contributed by atoms with Crippen LogP contribution in [0.4, 0.5) is 13.2 Å². The molecule has 1 heterocycles. The Balaban J connectivity index is 2.79. The topological polar surface area (TPSA) is 20.2 Å². The molecule has 1 nitrogen and oxygen atoms in total. The molecule has 0 aliphatic rings. The van der Waals surface area contributed by atoms with Crippen LogP contribution in [0.3, 0.4) is 0 Å². The van der Waals surface area contributed by atoms with Crippen LogP contribution >= 0.6 is 27.3 Å². The van der Waals surface area contributed by atoms with Gasteiger partial charge in [0.1, 0.15) is 0 Å². The molecule has 0 bridgehead atoms. The Labute approximate surface area is 91.7 Å². The SMILES string of the molecule is Cc1sc(Br)cc1C(O)CC(F)(F)F. The average molecular weight is 289 g/mol. The highest BCUT2D eigenvalue weighted by Crippen LogP contribution is 2.35. The van der Waals surface area contributed by atoms with Gasteiger partial charge in [0.05, 0.1) is 16.3 Å². The standard InChI is InChI=1S/C8H8BrF3OS/c1-4-5(2-7(9)14-4)6(13)3-8(10,11)12/h2,6,13H,3H2,1H3. The second-order valence-electron chi connectivity index (χ2n) is 2.90. The van der Waals surface area contributed by atoms with E-state index in [0.717, 1.165) is 3.79 Å². The minimum absolute atomic E-state index is 0.346. The first kappa shape index (κ1) is 12.0. The van der Waals surface area contributed by atoms with E-state index in [2.05, 4.69) is 15.9 Å². The van der Waals surface area contributed by atoms with E-state index in [4.69, 9.17) is 0 Å². The lowest BCUT2D eigenvalue weighted by atomic mass is 10.1. The Morgan fingerprint density at radius 3 is 2.50 bits per heavy atom. The predicted molar refractivity (Wildman–Crippen MR) is 52.4 cm³/mol. The number of aliphatic hydroxyl groups is 1. The number of aliphatic hydroxyl groups excluding tert-OH is 1. The minimum Gasteiger partial charge on any atom is -0.388 e. The molecule has 80 valence electrons. The van der Waals surface area contributed by atoms with Crippen molar-refractivity contribution < 1.29 is 18.3 Å². The first-order chi connectivity index (χ1) is 6.29. The first-order valence-electron chi connectivity index (χ1n) is 3.80. The average Bonchev–Trinajstić information content (AvgIpc) is 2.26. The van der Waals surface area contributed by atoms with Crippen molar-refractivity contribution in [2.45, 2.75) is 25.6 Å². The van der Waals surface area contributed by atoms with Crippen molar-refractivity contribution in [2.24, 2.45) is 0 Å². The van der Waals surface area contributed by atoms with Gasteiger partial charge in [0.25, 0.3) is 0 Å². The van der Waals surface area contributed by atoms with Gasteiger partial charge in [-0.2, -0.15) is 13.2 Å². The van der Waals surface area contributed by atoms with Gasteiger partial charge in [0, 0.05) is 4.88 Å². The normalized spacial score (nSPS) is 14.4. The molecule has 1 aromatic rings. The fourth-order valence-electron chi connectivity index (χ4n) is 1.12. The zero-order valence-electron chi connectivity index (χ0n) is 7.23. The number of thiophene rings is 1. The second-order valence-corrected chi connectivity index (χ2v) is 5.53. The summed E-state index contributed by atoms with van der Waals surface area (Å²) in [6.45, 7) is 1.68. The molecule has 0 radical (unpaired) electrons. The van der Waals surface area contributed by atoms with Gasteiger partial charge in [-0.15, -0.1) is 11.3 Å². The van der Waals surface area contributed by atoms with Crippen LogP contribution in [0.2, 0.25) is 0 Å². The number of aryl methyl sites for hydroxylation is 1. The van der Waals surface area contributed by atoms with E-state index in [1.807, 2.05) is 0 Å². The highest BCUT2D eigenvalue weighted by atomic mass is 79.9. The maximum Gasteiger partial charge on any atom is 0.391 e. The molecule has 1 unspecified atom stereocenters. The molecular formula is C8H8BrF3OS. The summed E-state index contributed by atoms with van der Waals surface area (Å²) in [5, 5.41) is 9.32. The molecule has 0 aromatic carbocycles. The predicted octanol–water partition coefficient (Wildman–Crippen LogP) is 3.80. The summed E-state index contributed by atoms with van der Waals surface area (Å²) in [7, 11) is 0. The summed E-state index contributed by atoms with van der Waals surface area (Å²) >= 11 is 4.47. The molecule has 0 fully saturated rings. The summed E-state index contributed by atoms with van der Waals surface area (Å²) in [6.07, 6.45) is -6.99. The highest BCUT2D eigenvalue weighted by Gasteiger charge is 2.32. The largest absolute Gasteiger partial charge is 0.391 e. The molecule has 0 saturated heterocycles. The first-order valence-corrected chi connectivity index (χ1v) is 5.41. The Morgan fingerprint density at radius 2 is 2.14 bits per heavy atom. The Hall–Kier alpha value is -0.0700. The highest BCUT2D eigenvalue weighted by molar-refractivity contribution is 9.11. The quantitative estimate of drug-likeness (QED) is 0.878. The summed E-state index contributed by atoms with van der Waals surface area (Å²) in [5.41, 5.74) is 0.346. The van der Waals surface area contributed by atoms with E-state index in [1.165, 1.54) is 17.4 Å². The Kier molecular flexibility index (Phi) is 3.60. The van der Waals surface area contributed by atoms with Crippen LogP contribution in [-0.4, -0.2) is 11.3 Å². The molecule has 0 amide bonds. The zero-order valence-corrected chi connectivity index (χ0v) is 9.63. The molecule has 0 aliphatic heterocycles. The van der Waals surface area contributed by atoms with E-state index < -0.39 is 18.7 Å². The van der Waals surface area contributed by atoms with Crippen molar-refractivity contribution in [1.82, 2.24) is 0 Å². The second kappa shape index (κ2) is 4.20. The number of rotatable bonds is 2. The molecule has 1 aromatic heterocycles. The van der Waals surface area contributed by atoms with Gasteiger partial charge in [-0.25, -0.2) is 0 Å². The van der Waals surface area contributed by atoms with Crippen molar-refractivity contribution in [2.75, 3.05) is 0 Å². The molecule has 0 aliphatic carbocycles. The Morgan fingerprint density at radius 1 is 1.57 bits per heavy atom. The number of hydrogen-bond donors (Lipinski definition) is 1. The van der Waals surface area contributed by atoms with Gasteiger partial charge >= 0.3 is 6.18 Å². The smallest absolute Gasteiger partial charge is 0.388 e. The van der Waals surface area contributed by atoms with Crippen LogP contribution in [0.15, 0.2) is 9.85 Å². The van der Waals surface area contributed by atoms with Gasteiger partial charge in [-0.3, -0.25) is 0 Å². The Bertz CT molecular complexity index is 321. The van der Waals surface area contributed by atoms with Crippen LogP contribution in [-0.2, 0) is 0 Å². The van der Waals surface area contributed by atoms with E-state index in [0.29, 0.717) is 10.4 Å². The molecule has 0 saturated carbocycles. The van der Waals surface area contributed by atoms with Gasteiger partial charge in [-0.05, 0) is 34.5 Å². The number of hydrogen-bond acceptors (Lipinski definition) is 2. The fraction of sp³-hybridized carbons (Fsp3) is 0.500. The van der Waals surface area contributed by atoms with Crippen molar-refractivity contribution in [3.63, 3.8) is 0 Å². The zero-order chi connectivity index (χ0) is 10.9. The van der Waals surface area contributed by atoms with Crippen molar-refractivity contribution in [3.8, 4) is 0 Å². The lowest BCUT2D eigenvalue weighted by Gasteiger charge is -2.12. The number of alkyl halides is 3. The minimum atomic E-state index is -4.33. The lowest BCUT2D eigenvalue weighted by Crippen LogP contribution is -2.13. The molecule has 6 heteroatoms. The monoisotopic (exact) mass is 288 g/mol. The van der Waals surface area contributed by atoms with E-state index >= 15 is 0 Å². The van der Waals surface area contributed by atoms with Crippen molar-refractivity contribution in [1.29, 1.82) is 0 Å². The van der Waals surface area contributed by atoms with E-state index in [-0.39, 0.29) is 0 Å². The van der Waals surface area contributed by atoms with Crippen molar-refractivity contribution in [3.05, 3.63) is 20.3 Å². The third-order valence-electron chi connectivity index (χ3n) is 1.71. The van der Waals surface area contributed by atoms with Crippen LogP contribution < -0.4 is 0 Å². The fourth-order valence-corrected chi connectivity index (χ4v) is 2.88. The van der Waals surface area contributed by atoms with Crippen molar-refractivity contribution >= 4 is 27.3 Å². The third-order valence-corrected chi connectivity index (χ3v) is 3.28.